The number of fused-ring (bicyclic) bond motifs is 1. The molecule has 0 aliphatic heterocycles. The number of hydrogen-bond acceptors (Lipinski definition) is 1. The molecular weight excluding hydrogens is 277 g/mol. The van der Waals surface area contributed by atoms with E-state index in [0.29, 0.717) is 17.4 Å². The van der Waals surface area contributed by atoms with E-state index in [4.69, 9.17) is 16.3 Å². The number of nitrogens with zero attached hydrogens (tertiary/aromatic N) is 1. The van der Waals surface area contributed by atoms with Crippen molar-refractivity contribution in [2.24, 2.45) is 7.05 Å². The van der Waals surface area contributed by atoms with Gasteiger partial charge in [-0.1, -0.05) is 11.6 Å². The van der Waals surface area contributed by atoms with Crippen molar-refractivity contribution in [3.63, 3.8) is 0 Å². The third kappa shape index (κ3) is 2.49. The molecule has 0 aliphatic rings. The molecule has 1 aromatic heterocycles. The van der Waals surface area contributed by atoms with E-state index < -0.39 is 0 Å². The Balaban J connectivity index is 1.87. The number of ether oxygens (including phenoxy) is 1. The summed E-state index contributed by atoms with van der Waals surface area (Å²) in [5.74, 6) is 0.375. The number of rotatable bonds is 3. The molecule has 0 N–H and O–H groups in total. The van der Waals surface area contributed by atoms with Gasteiger partial charge in [0, 0.05) is 34.7 Å². The summed E-state index contributed by atoms with van der Waals surface area (Å²) in [6.45, 7) is 0.420. The minimum atomic E-state index is -0.269. The molecule has 0 atom stereocenters. The summed E-state index contributed by atoms with van der Waals surface area (Å²) in [6, 6.07) is 11.8. The van der Waals surface area contributed by atoms with Crippen molar-refractivity contribution in [1.29, 1.82) is 0 Å². The van der Waals surface area contributed by atoms with Gasteiger partial charge in [0.25, 0.3) is 0 Å². The molecule has 3 aromatic rings. The first kappa shape index (κ1) is 13.0. The van der Waals surface area contributed by atoms with Crippen LogP contribution >= 0.6 is 11.6 Å². The fourth-order valence-corrected chi connectivity index (χ4v) is 2.42. The molecule has 0 bridgehead atoms. The summed E-state index contributed by atoms with van der Waals surface area (Å²) in [6.07, 6.45) is 2.02. The Morgan fingerprint density at radius 1 is 1.15 bits per heavy atom. The van der Waals surface area contributed by atoms with Crippen molar-refractivity contribution in [1.82, 2.24) is 4.57 Å². The maximum atomic E-state index is 12.8. The molecule has 3 rings (SSSR count). The predicted molar refractivity (Wildman–Crippen MR) is 78.7 cm³/mol. The molecule has 0 spiro atoms. The summed E-state index contributed by atoms with van der Waals surface area (Å²) in [5, 5.41) is 1.77. The van der Waals surface area contributed by atoms with Gasteiger partial charge in [-0.3, -0.25) is 0 Å². The number of halogens is 2. The molecule has 2 nitrogen and oxygen atoms in total. The van der Waals surface area contributed by atoms with Crippen LogP contribution < -0.4 is 4.74 Å². The Hall–Kier alpha value is -2.00. The first-order valence-corrected chi connectivity index (χ1v) is 6.63. The molecule has 0 aliphatic carbocycles. The summed E-state index contributed by atoms with van der Waals surface area (Å²) in [7, 11) is 1.98. The second-order valence-corrected chi connectivity index (χ2v) is 5.11. The topological polar surface area (TPSA) is 14.2 Å². The van der Waals surface area contributed by atoms with Gasteiger partial charge in [0.1, 0.15) is 18.2 Å². The van der Waals surface area contributed by atoms with Gasteiger partial charge < -0.3 is 9.30 Å². The van der Waals surface area contributed by atoms with Crippen LogP contribution in [0.1, 0.15) is 5.56 Å². The van der Waals surface area contributed by atoms with Crippen molar-refractivity contribution in [2.75, 3.05) is 0 Å². The smallest absolute Gasteiger partial charge is 0.123 e. The summed E-state index contributed by atoms with van der Waals surface area (Å²) < 4.78 is 20.6. The normalized spacial score (nSPS) is 10.9. The van der Waals surface area contributed by atoms with E-state index in [1.54, 1.807) is 12.1 Å². The molecular formula is C16H13ClFNO. The molecule has 0 saturated heterocycles. The van der Waals surface area contributed by atoms with E-state index in [1.165, 1.54) is 12.1 Å². The fraction of sp³-hybridized carbons (Fsp3) is 0.125. The van der Waals surface area contributed by atoms with Crippen LogP contribution in [0, 0.1) is 5.82 Å². The Morgan fingerprint density at radius 3 is 2.65 bits per heavy atom. The van der Waals surface area contributed by atoms with Crippen molar-refractivity contribution in [3.05, 3.63) is 65.1 Å². The third-order valence-corrected chi connectivity index (χ3v) is 3.48. The molecule has 0 fully saturated rings. The van der Waals surface area contributed by atoms with E-state index in [-0.39, 0.29) is 5.82 Å². The van der Waals surface area contributed by atoms with Crippen LogP contribution in [0.3, 0.4) is 0 Å². The highest BCUT2D eigenvalue weighted by atomic mass is 35.5. The molecule has 1 heterocycles. The van der Waals surface area contributed by atoms with Crippen molar-refractivity contribution >= 4 is 22.5 Å². The number of aromatic nitrogens is 1. The van der Waals surface area contributed by atoms with E-state index >= 15 is 0 Å². The standard InChI is InChI=1S/C16H13ClFNO/c1-19-9-11(15-8-12(17)2-7-16(15)19)10-20-14-5-3-13(18)4-6-14/h2-9H,10H2,1H3. The third-order valence-electron chi connectivity index (χ3n) is 3.24. The van der Waals surface area contributed by atoms with Gasteiger partial charge in [-0.2, -0.15) is 0 Å². The average molecular weight is 290 g/mol. The van der Waals surface area contributed by atoms with E-state index in [0.717, 1.165) is 16.5 Å². The zero-order chi connectivity index (χ0) is 14.1. The lowest BCUT2D eigenvalue weighted by atomic mass is 10.2. The Labute approximate surface area is 121 Å². The van der Waals surface area contributed by atoms with Gasteiger partial charge in [-0.25, -0.2) is 4.39 Å². The fourth-order valence-electron chi connectivity index (χ4n) is 2.25. The maximum Gasteiger partial charge on any atom is 0.123 e. The first-order valence-electron chi connectivity index (χ1n) is 6.25. The highest BCUT2D eigenvalue weighted by Gasteiger charge is 2.08. The quantitative estimate of drug-likeness (QED) is 0.690. The van der Waals surface area contributed by atoms with E-state index in [2.05, 4.69) is 0 Å². The van der Waals surface area contributed by atoms with Crippen molar-refractivity contribution < 1.29 is 9.13 Å². The van der Waals surface area contributed by atoms with Gasteiger partial charge in [0.2, 0.25) is 0 Å². The SMILES string of the molecule is Cn1cc(COc2ccc(F)cc2)c2cc(Cl)ccc21. The van der Waals surface area contributed by atoms with Crippen LogP contribution in [0.4, 0.5) is 4.39 Å². The lowest BCUT2D eigenvalue weighted by Gasteiger charge is -2.05. The lowest BCUT2D eigenvalue weighted by molar-refractivity contribution is 0.307. The maximum absolute atomic E-state index is 12.8. The molecule has 0 unspecified atom stereocenters. The largest absolute Gasteiger partial charge is 0.489 e. The average Bonchev–Trinajstić information content (AvgIpc) is 2.74. The molecule has 4 heteroatoms. The molecule has 20 heavy (non-hydrogen) atoms. The van der Waals surface area contributed by atoms with Crippen LogP contribution in [0.25, 0.3) is 10.9 Å². The minimum absolute atomic E-state index is 0.269. The lowest BCUT2D eigenvalue weighted by Crippen LogP contribution is -1.94. The van der Waals surface area contributed by atoms with Crippen LogP contribution in [-0.4, -0.2) is 4.57 Å². The number of hydrogen-bond donors (Lipinski definition) is 0. The summed E-state index contributed by atoms with van der Waals surface area (Å²) in [5.41, 5.74) is 2.15. The van der Waals surface area contributed by atoms with Gasteiger partial charge >= 0.3 is 0 Å². The molecule has 2 aromatic carbocycles. The van der Waals surface area contributed by atoms with E-state index in [9.17, 15) is 4.39 Å². The zero-order valence-electron chi connectivity index (χ0n) is 10.9. The van der Waals surface area contributed by atoms with Gasteiger partial charge in [-0.05, 0) is 42.5 Å². The molecule has 0 radical (unpaired) electrons. The van der Waals surface area contributed by atoms with Gasteiger partial charge in [-0.15, -0.1) is 0 Å². The van der Waals surface area contributed by atoms with Crippen LogP contribution in [0.5, 0.6) is 5.75 Å². The second-order valence-electron chi connectivity index (χ2n) is 4.67. The van der Waals surface area contributed by atoms with Crippen molar-refractivity contribution in [2.45, 2.75) is 6.61 Å². The van der Waals surface area contributed by atoms with Gasteiger partial charge in [0.05, 0.1) is 0 Å². The van der Waals surface area contributed by atoms with Crippen LogP contribution in [0.2, 0.25) is 5.02 Å². The van der Waals surface area contributed by atoms with Crippen LogP contribution in [-0.2, 0) is 13.7 Å². The van der Waals surface area contributed by atoms with E-state index in [1.807, 2.05) is 36.0 Å². The highest BCUT2D eigenvalue weighted by Crippen LogP contribution is 2.25. The zero-order valence-corrected chi connectivity index (χ0v) is 11.7. The minimum Gasteiger partial charge on any atom is -0.489 e. The highest BCUT2D eigenvalue weighted by molar-refractivity contribution is 6.31. The second kappa shape index (κ2) is 5.17. The van der Waals surface area contributed by atoms with Gasteiger partial charge in [0.15, 0.2) is 0 Å². The number of benzene rings is 2. The molecule has 102 valence electrons. The van der Waals surface area contributed by atoms with Crippen molar-refractivity contribution in [3.8, 4) is 5.75 Å². The Morgan fingerprint density at radius 2 is 1.90 bits per heavy atom. The van der Waals surface area contributed by atoms with Crippen LogP contribution in [0.15, 0.2) is 48.7 Å². The predicted octanol–water partition coefficient (Wildman–Crippen LogP) is 4.55. The monoisotopic (exact) mass is 289 g/mol. The number of aryl methyl sites for hydroxylation is 1. The first-order chi connectivity index (χ1) is 9.63. The summed E-state index contributed by atoms with van der Waals surface area (Å²) in [4.78, 5) is 0. The molecule has 0 saturated carbocycles. The Bertz CT molecular complexity index is 749. The molecule has 0 amide bonds. The Kier molecular flexibility index (Phi) is 3.36. The summed E-state index contributed by atoms with van der Waals surface area (Å²) >= 11 is 6.04.